The number of aromatic nitrogens is 1. The maximum absolute atomic E-state index is 10.7. The van der Waals surface area contributed by atoms with Crippen molar-refractivity contribution < 1.29 is 4.42 Å². The Morgan fingerprint density at radius 1 is 1.46 bits per heavy atom. The molecular weight excluding hydrogens is 254 g/mol. The van der Waals surface area contributed by atoms with Gasteiger partial charge in [-0.1, -0.05) is 22.0 Å². The average Bonchev–Trinajstić information content (AvgIpc) is 2.52. The highest BCUT2D eigenvalue weighted by molar-refractivity contribution is 9.10. The molecule has 66 valence electrons. The quantitative estimate of drug-likeness (QED) is 0.789. The summed E-state index contributed by atoms with van der Waals surface area (Å²) in [4.78, 5) is 10.3. The van der Waals surface area contributed by atoms with Gasteiger partial charge < -0.3 is 4.42 Å². The molecule has 0 radical (unpaired) electrons. The minimum atomic E-state index is -0.380. The number of halogens is 1. The molecule has 0 atom stereocenters. The predicted molar refractivity (Wildman–Crippen MR) is 53.8 cm³/mol. The summed E-state index contributed by atoms with van der Waals surface area (Å²) in [6, 6.07) is 7.44. The van der Waals surface area contributed by atoms with Crippen LogP contribution in [0.3, 0.4) is 0 Å². The van der Waals surface area contributed by atoms with Crippen molar-refractivity contribution >= 4 is 27.5 Å². The van der Waals surface area contributed by atoms with Crippen LogP contribution in [-0.4, -0.2) is 4.37 Å². The molecule has 0 fully saturated rings. The van der Waals surface area contributed by atoms with Crippen LogP contribution in [0.5, 0.6) is 0 Å². The first kappa shape index (κ1) is 8.65. The van der Waals surface area contributed by atoms with Gasteiger partial charge in [0.25, 0.3) is 0 Å². The highest BCUT2D eigenvalue weighted by atomic mass is 79.9. The van der Waals surface area contributed by atoms with Crippen LogP contribution in [-0.2, 0) is 0 Å². The Hall–Kier alpha value is -0.940. The summed E-state index contributed by atoms with van der Waals surface area (Å²) in [6.07, 6.45) is 0. The summed E-state index contributed by atoms with van der Waals surface area (Å²) in [5.41, 5.74) is 0.799. The van der Waals surface area contributed by atoms with Gasteiger partial charge in [-0.25, -0.2) is 4.79 Å². The highest BCUT2D eigenvalue weighted by Crippen LogP contribution is 2.20. The van der Waals surface area contributed by atoms with Gasteiger partial charge in [-0.15, -0.1) is 4.37 Å². The Labute approximate surface area is 86.3 Å². The first-order valence-electron chi connectivity index (χ1n) is 3.48. The highest BCUT2D eigenvalue weighted by Gasteiger charge is 2.04. The molecule has 0 spiro atoms. The second-order valence-electron chi connectivity index (χ2n) is 2.35. The molecule has 2 rings (SSSR count). The van der Waals surface area contributed by atoms with Gasteiger partial charge in [-0.3, -0.25) is 0 Å². The maximum atomic E-state index is 10.7. The summed E-state index contributed by atoms with van der Waals surface area (Å²) in [5, 5.41) is 0. The van der Waals surface area contributed by atoms with E-state index in [1.807, 2.05) is 24.3 Å². The summed E-state index contributed by atoms with van der Waals surface area (Å²) >= 11 is 4.14. The van der Waals surface area contributed by atoms with E-state index in [1.54, 1.807) is 0 Å². The topological polar surface area (TPSA) is 43.1 Å². The minimum Gasteiger partial charge on any atom is -0.394 e. The lowest BCUT2D eigenvalue weighted by molar-refractivity contribution is 0.543. The smallest absolute Gasteiger partial charge is 0.394 e. The lowest BCUT2D eigenvalue weighted by Crippen LogP contribution is -1.82. The fraction of sp³-hybridized carbons (Fsp3) is 0. The average molecular weight is 258 g/mol. The summed E-state index contributed by atoms with van der Waals surface area (Å²) in [5.74, 6) is 0.372. The second-order valence-corrected chi connectivity index (χ2v) is 3.96. The first-order chi connectivity index (χ1) is 6.25. The van der Waals surface area contributed by atoms with Gasteiger partial charge in [0.2, 0.25) is 5.89 Å². The minimum absolute atomic E-state index is 0.372. The van der Waals surface area contributed by atoms with E-state index in [0.717, 1.165) is 21.6 Å². The fourth-order valence-electron chi connectivity index (χ4n) is 0.928. The molecule has 0 N–H and O–H groups in total. The fourth-order valence-corrected chi connectivity index (χ4v) is 1.74. The van der Waals surface area contributed by atoms with Crippen LogP contribution in [0.4, 0.5) is 0 Å². The zero-order valence-electron chi connectivity index (χ0n) is 6.36. The summed E-state index contributed by atoms with van der Waals surface area (Å²) in [7, 11) is 0. The van der Waals surface area contributed by atoms with Crippen molar-refractivity contribution in [2.75, 3.05) is 0 Å². The van der Waals surface area contributed by atoms with Crippen LogP contribution in [0.25, 0.3) is 11.5 Å². The van der Waals surface area contributed by atoms with E-state index in [0.29, 0.717) is 5.89 Å². The normalized spacial score (nSPS) is 10.2. The van der Waals surface area contributed by atoms with E-state index in [1.165, 1.54) is 0 Å². The van der Waals surface area contributed by atoms with Gasteiger partial charge in [0, 0.05) is 10.0 Å². The van der Waals surface area contributed by atoms with Gasteiger partial charge in [-0.05, 0) is 18.2 Å². The molecule has 13 heavy (non-hydrogen) atoms. The van der Waals surface area contributed by atoms with Crippen molar-refractivity contribution in [2.45, 2.75) is 0 Å². The van der Waals surface area contributed by atoms with Gasteiger partial charge in [0.1, 0.15) is 0 Å². The molecule has 2 aromatic rings. The molecule has 1 aromatic carbocycles. The Morgan fingerprint density at radius 2 is 2.31 bits per heavy atom. The van der Waals surface area contributed by atoms with E-state index in [4.69, 9.17) is 4.42 Å². The van der Waals surface area contributed by atoms with E-state index in [9.17, 15) is 4.79 Å². The molecule has 0 bridgehead atoms. The van der Waals surface area contributed by atoms with E-state index < -0.39 is 0 Å². The van der Waals surface area contributed by atoms with E-state index in [-0.39, 0.29) is 4.94 Å². The zero-order valence-corrected chi connectivity index (χ0v) is 8.76. The Morgan fingerprint density at radius 3 is 2.92 bits per heavy atom. The molecular formula is C8H4BrNO2S. The number of rotatable bonds is 1. The largest absolute Gasteiger partial charge is 0.414 e. The Kier molecular flexibility index (Phi) is 2.28. The van der Waals surface area contributed by atoms with Gasteiger partial charge in [-0.2, -0.15) is 0 Å². The molecule has 0 aliphatic heterocycles. The van der Waals surface area contributed by atoms with E-state index >= 15 is 0 Å². The second kappa shape index (κ2) is 3.43. The Bertz CT molecular complexity index is 477. The summed E-state index contributed by atoms with van der Waals surface area (Å²) < 4.78 is 9.66. The molecule has 0 saturated carbocycles. The SMILES string of the molecule is O=c1oc(-c2cccc(Br)c2)ns1. The van der Waals surface area contributed by atoms with Crippen molar-refractivity contribution in [3.05, 3.63) is 38.5 Å². The molecule has 3 nitrogen and oxygen atoms in total. The third-order valence-corrected chi connectivity index (χ3v) is 2.44. The zero-order chi connectivity index (χ0) is 9.26. The lowest BCUT2D eigenvalue weighted by Gasteiger charge is -1.93. The number of hydrogen-bond acceptors (Lipinski definition) is 4. The number of nitrogens with zero attached hydrogens (tertiary/aromatic N) is 1. The van der Waals surface area contributed by atoms with Gasteiger partial charge in [0.05, 0.1) is 11.5 Å². The third-order valence-electron chi connectivity index (χ3n) is 1.45. The van der Waals surface area contributed by atoms with Crippen molar-refractivity contribution in [1.29, 1.82) is 0 Å². The van der Waals surface area contributed by atoms with Crippen molar-refractivity contribution in [1.82, 2.24) is 4.37 Å². The lowest BCUT2D eigenvalue weighted by atomic mass is 10.2. The predicted octanol–water partition coefficient (Wildman–Crippen LogP) is 2.53. The molecule has 0 aliphatic rings. The molecule has 1 heterocycles. The monoisotopic (exact) mass is 257 g/mol. The standard InChI is InChI=1S/C8H4BrNO2S/c9-6-3-1-2-5(4-6)7-10-13-8(11)12-7/h1-4H. The Balaban J connectivity index is 2.52. The van der Waals surface area contributed by atoms with E-state index in [2.05, 4.69) is 20.3 Å². The molecule has 1 aromatic heterocycles. The van der Waals surface area contributed by atoms with Crippen LogP contribution in [0.2, 0.25) is 0 Å². The van der Waals surface area contributed by atoms with Gasteiger partial charge in [0.15, 0.2) is 0 Å². The van der Waals surface area contributed by atoms with Crippen LogP contribution in [0.15, 0.2) is 37.9 Å². The molecule has 0 aliphatic carbocycles. The molecule has 5 heteroatoms. The number of hydrogen-bond donors (Lipinski definition) is 0. The van der Waals surface area contributed by atoms with Crippen molar-refractivity contribution in [2.24, 2.45) is 0 Å². The first-order valence-corrected chi connectivity index (χ1v) is 5.05. The molecule has 0 unspecified atom stereocenters. The third kappa shape index (κ3) is 1.87. The molecule has 0 amide bonds. The van der Waals surface area contributed by atoms with Crippen LogP contribution < -0.4 is 4.94 Å². The van der Waals surface area contributed by atoms with Gasteiger partial charge >= 0.3 is 4.94 Å². The molecule has 0 saturated heterocycles. The van der Waals surface area contributed by atoms with Crippen molar-refractivity contribution in [3.8, 4) is 11.5 Å². The van der Waals surface area contributed by atoms with Crippen molar-refractivity contribution in [3.63, 3.8) is 0 Å². The van der Waals surface area contributed by atoms with Crippen LogP contribution >= 0.6 is 27.5 Å². The maximum Gasteiger partial charge on any atom is 0.414 e. The summed E-state index contributed by atoms with van der Waals surface area (Å²) in [6.45, 7) is 0. The number of benzene rings is 1. The van der Waals surface area contributed by atoms with Crippen LogP contribution in [0.1, 0.15) is 0 Å². The van der Waals surface area contributed by atoms with Crippen LogP contribution in [0, 0.1) is 0 Å².